The Labute approximate surface area is 95.2 Å². The quantitative estimate of drug-likeness (QED) is 0.733. The van der Waals surface area contributed by atoms with E-state index in [9.17, 15) is 0 Å². The van der Waals surface area contributed by atoms with Crippen molar-refractivity contribution in [2.45, 2.75) is 64.5 Å². The molecular weight excluding hydrogens is 184 g/mol. The molecule has 0 saturated heterocycles. The molecule has 2 N–H and O–H groups in total. The van der Waals surface area contributed by atoms with Crippen LogP contribution in [-0.4, -0.2) is 30.6 Å². The molecule has 15 heavy (non-hydrogen) atoms. The first-order valence-electron chi connectivity index (χ1n) is 6.66. The summed E-state index contributed by atoms with van der Waals surface area (Å²) < 4.78 is 0. The molecule has 2 nitrogen and oxygen atoms in total. The largest absolute Gasteiger partial charge is 0.330 e. The number of nitrogens with two attached hydrogens (primary N) is 1. The van der Waals surface area contributed by atoms with Crippen molar-refractivity contribution in [2.75, 3.05) is 13.6 Å². The fourth-order valence-corrected chi connectivity index (χ4v) is 3.13. The van der Waals surface area contributed by atoms with Gasteiger partial charge in [-0.3, -0.25) is 0 Å². The number of nitrogens with zero attached hydrogens (tertiary/aromatic N) is 1. The van der Waals surface area contributed by atoms with Gasteiger partial charge in [0.1, 0.15) is 0 Å². The Morgan fingerprint density at radius 3 is 2.60 bits per heavy atom. The third-order valence-corrected chi connectivity index (χ3v) is 4.11. The summed E-state index contributed by atoms with van der Waals surface area (Å²) in [4.78, 5) is 2.62. The summed E-state index contributed by atoms with van der Waals surface area (Å²) in [5.74, 6) is 0.751. The lowest BCUT2D eigenvalue weighted by Gasteiger charge is -2.35. The van der Waals surface area contributed by atoms with Gasteiger partial charge in [-0.15, -0.1) is 0 Å². The van der Waals surface area contributed by atoms with Gasteiger partial charge in [0.05, 0.1) is 0 Å². The SMILES string of the molecule is CCCC(CC)N(C)C1CCCC1CN. The smallest absolute Gasteiger partial charge is 0.0135 e. The van der Waals surface area contributed by atoms with Gasteiger partial charge in [0.25, 0.3) is 0 Å². The van der Waals surface area contributed by atoms with Crippen molar-refractivity contribution >= 4 is 0 Å². The average Bonchev–Trinajstić information content (AvgIpc) is 2.72. The van der Waals surface area contributed by atoms with Gasteiger partial charge in [-0.2, -0.15) is 0 Å². The van der Waals surface area contributed by atoms with E-state index < -0.39 is 0 Å². The lowest BCUT2D eigenvalue weighted by Crippen LogP contribution is -2.43. The molecule has 3 atom stereocenters. The van der Waals surface area contributed by atoms with Crippen LogP contribution in [0.5, 0.6) is 0 Å². The Hall–Kier alpha value is -0.0800. The lowest BCUT2D eigenvalue weighted by molar-refractivity contribution is 0.131. The first-order valence-corrected chi connectivity index (χ1v) is 6.66. The zero-order valence-electron chi connectivity index (χ0n) is 10.7. The van der Waals surface area contributed by atoms with Crippen molar-refractivity contribution in [2.24, 2.45) is 11.7 Å². The van der Waals surface area contributed by atoms with Crippen LogP contribution in [0.3, 0.4) is 0 Å². The average molecular weight is 212 g/mol. The van der Waals surface area contributed by atoms with Gasteiger partial charge in [0.2, 0.25) is 0 Å². The highest BCUT2D eigenvalue weighted by atomic mass is 15.2. The van der Waals surface area contributed by atoms with E-state index in [0.29, 0.717) is 0 Å². The highest BCUT2D eigenvalue weighted by Crippen LogP contribution is 2.30. The molecule has 1 aliphatic rings. The second-order valence-electron chi connectivity index (χ2n) is 5.01. The first kappa shape index (κ1) is 13.0. The highest BCUT2D eigenvalue weighted by molar-refractivity contribution is 4.87. The standard InChI is InChI=1S/C13H28N2/c1-4-7-12(5-2)15(3)13-9-6-8-11(13)10-14/h11-13H,4-10,14H2,1-3H3. The molecule has 1 saturated carbocycles. The molecule has 3 unspecified atom stereocenters. The second-order valence-corrected chi connectivity index (χ2v) is 5.01. The van der Waals surface area contributed by atoms with E-state index in [1.165, 1.54) is 38.5 Å². The van der Waals surface area contributed by atoms with E-state index in [1.54, 1.807) is 0 Å². The van der Waals surface area contributed by atoms with Gasteiger partial charge in [0.15, 0.2) is 0 Å². The van der Waals surface area contributed by atoms with Gasteiger partial charge >= 0.3 is 0 Å². The summed E-state index contributed by atoms with van der Waals surface area (Å²) in [6.07, 6.45) is 7.98. The minimum Gasteiger partial charge on any atom is -0.330 e. The Balaban J connectivity index is 2.52. The summed E-state index contributed by atoms with van der Waals surface area (Å²) >= 11 is 0. The Bertz CT molecular complexity index is 170. The third-order valence-electron chi connectivity index (χ3n) is 4.11. The molecule has 0 spiro atoms. The molecule has 2 heteroatoms. The van der Waals surface area contributed by atoms with Crippen molar-refractivity contribution in [1.82, 2.24) is 4.90 Å². The molecule has 0 heterocycles. The second kappa shape index (κ2) is 6.49. The zero-order valence-corrected chi connectivity index (χ0v) is 10.7. The number of hydrogen-bond acceptors (Lipinski definition) is 2. The summed E-state index contributed by atoms with van der Waals surface area (Å²) in [6.45, 7) is 5.46. The van der Waals surface area contributed by atoms with Crippen LogP contribution in [-0.2, 0) is 0 Å². The van der Waals surface area contributed by atoms with Crippen LogP contribution in [0.15, 0.2) is 0 Å². The Morgan fingerprint density at radius 1 is 1.33 bits per heavy atom. The topological polar surface area (TPSA) is 29.3 Å². The van der Waals surface area contributed by atoms with E-state index in [2.05, 4.69) is 25.8 Å². The zero-order chi connectivity index (χ0) is 11.3. The summed E-state index contributed by atoms with van der Waals surface area (Å²) in [6, 6.07) is 1.53. The predicted molar refractivity (Wildman–Crippen MR) is 66.9 cm³/mol. The maximum Gasteiger partial charge on any atom is 0.0135 e. The molecule has 1 aliphatic carbocycles. The van der Waals surface area contributed by atoms with E-state index in [1.807, 2.05) is 0 Å². The van der Waals surface area contributed by atoms with Crippen LogP contribution >= 0.6 is 0 Å². The summed E-state index contributed by atoms with van der Waals surface area (Å²) in [7, 11) is 2.31. The summed E-state index contributed by atoms with van der Waals surface area (Å²) in [5.41, 5.74) is 5.85. The third kappa shape index (κ3) is 3.18. The van der Waals surface area contributed by atoms with Gasteiger partial charge in [-0.05, 0) is 45.2 Å². The molecular formula is C13H28N2. The highest BCUT2D eigenvalue weighted by Gasteiger charge is 2.31. The van der Waals surface area contributed by atoms with E-state index >= 15 is 0 Å². The van der Waals surface area contributed by atoms with Crippen LogP contribution < -0.4 is 5.73 Å². The van der Waals surface area contributed by atoms with Crippen molar-refractivity contribution in [1.29, 1.82) is 0 Å². The lowest BCUT2D eigenvalue weighted by atomic mass is 9.99. The van der Waals surface area contributed by atoms with Crippen LogP contribution in [0.4, 0.5) is 0 Å². The molecule has 1 rings (SSSR count). The van der Waals surface area contributed by atoms with Crippen molar-refractivity contribution in [3.05, 3.63) is 0 Å². The molecule has 0 amide bonds. The van der Waals surface area contributed by atoms with E-state index in [0.717, 1.165) is 24.5 Å². The number of rotatable bonds is 6. The van der Waals surface area contributed by atoms with Crippen LogP contribution in [0.2, 0.25) is 0 Å². The maximum atomic E-state index is 5.85. The van der Waals surface area contributed by atoms with Gasteiger partial charge in [0, 0.05) is 12.1 Å². The van der Waals surface area contributed by atoms with E-state index in [4.69, 9.17) is 5.73 Å². The van der Waals surface area contributed by atoms with Gasteiger partial charge in [-0.25, -0.2) is 0 Å². The molecule has 0 aromatic carbocycles. The Morgan fingerprint density at radius 2 is 2.07 bits per heavy atom. The van der Waals surface area contributed by atoms with Crippen molar-refractivity contribution < 1.29 is 0 Å². The van der Waals surface area contributed by atoms with E-state index in [-0.39, 0.29) is 0 Å². The number of hydrogen-bond donors (Lipinski definition) is 1. The van der Waals surface area contributed by atoms with Crippen molar-refractivity contribution in [3.8, 4) is 0 Å². The minimum atomic E-state index is 0.751. The molecule has 1 fully saturated rings. The van der Waals surface area contributed by atoms with Crippen LogP contribution in [0.25, 0.3) is 0 Å². The van der Waals surface area contributed by atoms with Gasteiger partial charge in [-0.1, -0.05) is 26.7 Å². The molecule has 0 aromatic heterocycles. The molecule has 90 valence electrons. The van der Waals surface area contributed by atoms with Gasteiger partial charge < -0.3 is 10.6 Å². The van der Waals surface area contributed by atoms with Crippen molar-refractivity contribution in [3.63, 3.8) is 0 Å². The Kier molecular flexibility index (Phi) is 5.62. The minimum absolute atomic E-state index is 0.751. The summed E-state index contributed by atoms with van der Waals surface area (Å²) in [5, 5.41) is 0. The maximum absolute atomic E-state index is 5.85. The fourth-order valence-electron chi connectivity index (χ4n) is 3.13. The normalized spacial score (nSPS) is 28.6. The fraction of sp³-hybridized carbons (Fsp3) is 1.00. The molecule has 0 aliphatic heterocycles. The first-order chi connectivity index (χ1) is 7.24. The molecule has 0 radical (unpaired) electrons. The monoisotopic (exact) mass is 212 g/mol. The predicted octanol–water partition coefficient (Wildman–Crippen LogP) is 2.62. The van der Waals surface area contributed by atoms with Crippen LogP contribution in [0, 0.1) is 5.92 Å². The molecule has 0 bridgehead atoms. The van der Waals surface area contributed by atoms with Crippen LogP contribution in [0.1, 0.15) is 52.4 Å². The molecule has 0 aromatic rings.